The highest BCUT2D eigenvalue weighted by Crippen LogP contribution is 2.13. The Hall–Kier alpha value is -1.64. The Morgan fingerprint density at radius 2 is 2.47 bits per heavy atom. The molecule has 2 heterocycles. The largest absolute Gasteiger partial charge is 0.382 e. The van der Waals surface area contributed by atoms with Gasteiger partial charge in [-0.05, 0) is 16.8 Å². The zero-order valence-electron chi connectivity index (χ0n) is 10.9. The van der Waals surface area contributed by atoms with Crippen molar-refractivity contribution >= 4 is 23.4 Å². The second-order valence-electron chi connectivity index (χ2n) is 4.03. The molecule has 104 valence electrons. The van der Waals surface area contributed by atoms with Crippen LogP contribution < -0.4 is 5.32 Å². The van der Waals surface area contributed by atoms with Crippen molar-refractivity contribution in [1.29, 1.82) is 0 Å². The van der Waals surface area contributed by atoms with Gasteiger partial charge in [0.05, 0.1) is 5.71 Å². The Kier molecular flexibility index (Phi) is 4.72. The molecule has 0 fully saturated rings. The number of aromatic nitrogens is 4. The lowest BCUT2D eigenvalue weighted by Crippen LogP contribution is -2.36. The minimum absolute atomic E-state index is 0.121. The number of tetrazole rings is 1. The molecule has 0 saturated heterocycles. The van der Waals surface area contributed by atoms with Gasteiger partial charge in [-0.1, -0.05) is 23.8 Å². The summed E-state index contributed by atoms with van der Waals surface area (Å²) in [5, 5.41) is 18.5. The number of carbonyl (C=O) groups is 1. The molecule has 0 saturated carbocycles. The molecule has 1 aromatic heterocycles. The molecule has 1 amide bonds. The number of rotatable bonds is 6. The van der Waals surface area contributed by atoms with Crippen molar-refractivity contribution in [3.8, 4) is 0 Å². The van der Waals surface area contributed by atoms with Crippen LogP contribution in [0.3, 0.4) is 0 Å². The molecule has 8 nitrogen and oxygen atoms in total. The highest BCUT2D eigenvalue weighted by Gasteiger charge is 2.26. The van der Waals surface area contributed by atoms with E-state index < -0.39 is 6.10 Å². The quantitative estimate of drug-likeness (QED) is 0.582. The number of hydrogen-bond acceptors (Lipinski definition) is 7. The van der Waals surface area contributed by atoms with Crippen molar-refractivity contribution in [2.75, 3.05) is 12.3 Å². The van der Waals surface area contributed by atoms with E-state index >= 15 is 0 Å². The van der Waals surface area contributed by atoms with Crippen LogP contribution in [-0.4, -0.2) is 50.2 Å². The Bertz CT molecular complexity index is 474. The second kappa shape index (κ2) is 6.50. The number of carbonyl (C=O) groups excluding carboxylic acids is 1. The Morgan fingerprint density at radius 3 is 3.11 bits per heavy atom. The van der Waals surface area contributed by atoms with Crippen LogP contribution in [0.4, 0.5) is 0 Å². The standard InChI is InChI=1S/C10H16N6O2S/c1-3-7-6-8(18-13-7)9(17)11-4-5-19-10-12-14-15-16(10)2/h8H,3-6H2,1-2H3,(H,11,17). The first-order valence-corrected chi connectivity index (χ1v) is 7.03. The van der Waals surface area contributed by atoms with E-state index in [1.807, 2.05) is 6.92 Å². The molecule has 0 bridgehead atoms. The maximum atomic E-state index is 11.8. The van der Waals surface area contributed by atoms with E-state index in [0.717, 1.165) is 17.3 Å². The topological polar surface area (TPSA) is 94.3 Å². The smallest absolute Gasteiger partial charge is 0.264 e. The highest BCUT2D eigenvalue weighted by molar-refractivity contribution is 7.99. The number of hydrogen-bond donors (Lipinski definition) is 1. The molecule has 1 aliphatic heterocycles. The minimum Gasteiger partial charge on any atom is -0.382 e. The first kappa shape index (κ1) is 13.8. The van der Waals surface area contributed by atoms with Gasteiger partial charge in [-0.2, -0.15) is 0 Å². The van der Waals surface area contributed by atoms with E-state index in [-0.39, 0.29) is 5.91 Å². The van der Waals surface area contributed by atoms with Gasteiger partial charge in [0, 0.05) is 25.8 Å². The molecule has 1 unspecified atom stereocenters. The number of aryl methyl sites for hydroxylation is 1. The molecule has 2 rings (SSSR count). The summed E-state index contributed by atoms with van der Waals surface area (Å²) >= 11 is 1.49. The van der Waals surface area contributed by atoms with Crippen LogP contribution in [0.2, 0.25) is 0 Å². The molecule has 1 aliphatic rings. The van der Waals surface area contributed by atoms with Crippen LogP contribution in [0.5, 0.6) is 0 Å². The number of thioether (sulfide) groups is 1. The highest BCUT2D eigenvalue weighted by atomic mass is 32.2. The van der Waals surface area contributed by atoms with Crippen molar-refractivity contribution in [3.63, 3.8) is 0 Å². The Balaban J connectivity index is 1.64. The Labute approximate surface area is 114 Å². The van der Waals surface area contributed by atoms with Crippen molar-refractivity contribution in [1.82, 2.24) is 25.5 Å². The lowest BCUT2D eigenvalue weighted by molar-refractivity contribution is -0.131. The summed E-state index contributed by atoms with van der Waals surface area (Å²) in [6.07, 6.45) is 0.929. The summed E-state index contributed by atoms with van der Waals surface area (Å²) in [5.41, 5.74) is 0.930. The van der Waals surface area contributed by atoms with Gasteiger partial charge in [-0.15, -0.1) is 5.10 Å². The zero-order chi connectivity index (χ0) is 13.7. The minimum atomic E-state index is -0.476. The van der Waals surface area contributed by atoms with E-state index in [0.29, 0.717) is 18.7 Å². The molecular weight excluding hydrogens is 268 g/mol. The molecule has 19 heavy (non-hydrogen) atoms. The average Bonchev–Trinajstić information content (AvgIpc) is 3.03. The predicted octanol–water partition coefficient (Wildman–Crippen LogP) is -0.0267. The summed E-state index contributed by atoms with van der Waals surface area (Å²) < 4.78 is 1.59. The van der Waals surface area contributed by atoms with E-state index in [2.05, 4.69) is 26.0 Å². The first-order valence-electron chi connectivity index (χ1n) is 6.05. The normalized spacial score (nSPS) is 18.0. The molecule has 9 heteroatoms. The fourth-order valence-electron chi connectivity index (χ4n) is 1.55. The van der Waals surface area contributed by atoms with Gasteiger partial charge < -0.3 is 10.2 Å². The van der Waals surface area contributed by atoms with Crippen LogP contribution in [-0.2, 0) is 16.7 Å². The van der Waals surface area contributed by atoms with Crippen molar-refractivity contribution < 1.29 is 9.63 Å². The molecule has 0 aliphatic carbocycles. The van der Waals surface area contributed by atoms with Gasteiger partial charge in [0.1, 0.15) is 0 Å². The van der Waals surface area contributed by atoms with Gasteiger partial charge in [-0.25, -0.2) is 4.68 Å². The van der Waals surface area contributed by atoms with Crippen LogP contribution in [0.1, 0.15) is 19.8 Å². The molecule has 0 spiro atoms. The van der Waals surface area contributed by atoms with Crippen molar-refractivity contribution in [2.24, 2.45) is 12.2 Å². The van der Waals surface area contributed by atoms with Crippen LogP contribution in [0.25, 0.3) is 0 Å². The molecular formula is C10H16N6O2S. The van der Waals surface area contributed by atoms with E-state index in [4.69, 9.17) is 4.84 Å². The van der Waals surface area contributed by atoms with Crippen LogP contribution in [0.15, 0.2) is 10.3 Å². The van der Waals surface area contributed by atoms with Gasteiger partial charge in [-0.3, -0.25) is 4.79 Å². The molecule has 1 aromatic rings. The lowest BCUT2D eigenvalue weighted by Gasteiger charge is -2.08. The SMILES string of the molecule is CCC1=NOC(C(=O)NCCSc2nnnn2C)C1. The number of oxime groups is 1. The van der Waals surface area contributed by atoms with Crippen molar-refractivity contribution in [2.45, 2.75) is 31.0 Å². The third-order valence-electron chi connectivity index (χ3n) is 2.64. The summed E-state index contributed by atoms with van der Waals surface area (Å²) in [6.45, 7) is 2.53. The van der Waals surface area contributed by atoms with E-state index in [1.54, 1.807) is 11.7 Å². The van der Waals surface area contributed by atoms with Gasteiger partial charge in [0.2, 0.25) is 11.3 Å². The van der Waals surface area contributed by atoms with Gasteiger partial charge in [0.25, 0.3) is 5.91 Å². The summed E-state index contributed by atoms with van der Waals surface area (Å²) in [4.78, 5) is 16.8. The average molecular weight is 284 g/mol. The molecule has 0 aromatic carbocycles. The molecule has 0 radical (unpaired) electrons. The van der Waals surface area contributed by atoms with E-state index in [1.165, 1.54) is 11.8 Å². The van der Waals surface area contributed by atoms with Crippen LogP contribution >= 0.6 is 11.8 Å². The maximum absolute atomic E-state index is 11.8. The first-order chi connectivity index (χ1) is 9.20. The monoisotopic (exact) mass is 284 g/mol. The third-order valence-corrected chi connectivity index (χ3v) is 3.66. The second-order valence-corrected chi connectivity index (χ2v) is 5.10. The summed E-state index contributed by atoms with van der Waals surface area (Å²) in [6, 6.07) is 0. The van der Waals surface area contributed by atoms with Gasteiger partial charge in [0.15, 0.2) is 0 Å². The van der Waals surface area contributed by atoms with Crippen LogP contribution in [0, 0.1) is 0 Å². The maximum Gasteiger partial charge on any atom is 0.264 e. The number of nitrogens with zero attached hydrogens (tertiary/aromatic N) is 5. The van der Waals surface area contributed by atoms with Gasteiger partial charge >= 0.3 is 0 Å². The molecule has 1 N–H and O–H groups in total. The van der Waals surface area contributed by atoms with Crippen molar-refractivity contribution in [3.05, 3.63) is 0 Å². The molecule has 1 atom stereocenters. The van der Waals surface area contributed by atoms with E-state index in [9.17, 15) is 4.79 Å². The lowest BCUT2D eigenvalue weighted by atomic mass is 10.1. The summed E-state index contributed by atoms with van der Waals surface area (Å²) in [7, 11) is 1.77. The zero-order valence-corrected chi connectivity index (χ0v) is 11.7. The summed E-state index contributed by atoms with van der Waals surface area (Å²) in [5.74, 6) is 0.581. The fourth-order valence-corrected chi connectivity index (χ4v) is 2.25. The third kappa shape index (κ3) is 3.66. The number of amides is 1. The predicted molar refractivity (Wildman–Crippen MR) is 69.7 cm³/mol. The number of nitrogens with one attached hydrogen (secondary N) is 1. The fraction of sp³-hybridized carbons (Fsp3) is 0.700. The Morgan fingerprint density at radius 1 is 1.63 bits per heavy atom.